The maximum Gasteiger partial charge on any atom is 0.0685 e. The molecule has 0 spiro atoms. The summed E-state index contributed by atoms with van der Waals surface area (Å²) in [6, 6.07) is 15.0. The zero-order chi connectivity index (χ0) is 22.4. The Kier molecular flexibility index (Phi) is 8.44. The van der Waals surface area contributed by atoms with E-state index in [1.165, 1.54) is 37.6 Å². The highest BCUT2D eigenvalue weighted by molar-refractivity contribution is 7.12. The summed E-state index contributed by atoms with van der Waals surface area (Å²) in [5.41, 5.74) is 7.99. The topological polar surface area (TPSA) is 60.7 Å². The summed E-state index contributed by atoms with van der Waals surface area (Å²) in [6.07, 6.45) is 3.72. The molecule has 0 radical (unpaired) electrons. The monoisotopic (exact) mass is 438 g/mol. The van der Waals surface area contributed by atoms with Gasteiger partial charge in [0.1, 0.15) is 0 Å². The Bertz CT molecular complexity index is 1010. The molecule has 0 amide bonds. The Hall–Kier alpha value is -1.98. The Morgan fingerprint density at radius 2 is 1.61 bits per heavy atom. The first-order valence-electron chi connectivity index (χ1n) is 11.1. The van der Waals surface area contributed by atoms with E-state index in [1.54, 1.807) is 0 Å². The number of benzene rings is 2. The maximum atomic E-state index is 9.53. The summed E-state index contributed by atoms with van der Waals surface area (Å²) in [6.45, 7) is 6.70. The van der Waals surface area contributed by atoms with E-state index >= 15 is 0 Å². The molecule has 0 aliphatic carbocycles. The van der Waals surface area contributed by atoms with Gasteiger partial charge in [0, 0.05) is 16.4 Å². The number of aliphatic hydroxyl groups is 3. The predicted molar refractivity (Wildman–Crippen MR) is 130 cm³/mol. The molecule has 3 aromatic rings. The minimum Gasteiger partial charge on any atom is -0.396 e. The van der Waals surface area contributed by atoms with E-state index in [-0.39, 0.29) is 19.8 Å². The Balaban J connectivity index is 1.77. The zero-order valence-electron chi connectivity index (χ0n) is 18.8. The molecule has 1 atom stereocenters. The predicted octanol–water partition coefficient (Wildman–Crippen LogP) is 5.68. The van der Waals surface area contributed by atoms with Gasteiger partial charge in [0.05, 0.1) is 13.2 Å². The third-order valence-electron chi connectivity index (χ3n) is 6.22. The summed E-state index contributed by atoms with van der Waals surface area (Å²) in [7, 11) is 0. The Morgan fingerprint density at radius 3 is 2.26 bits per heavy atom. The van der Waals surface area contributed by atoms with Gasteiger partial charge in [-0.15, -0.1) is 11.3 Å². The summed E-state index contributed by atoms with van der Waals surface area (Å²) in [5.74, 6) is 0.415. The molecule has 1 heterocycles. The van der Waals surface area contributed by atoms with Crippen molar-refractivity contribution in [3.8, 4) is 11.1 Å². The van der Waals surface area contributed by atoms with Crippen LogP contribution in [0.15, 0.2) is 42.5 Å². The fourth-order valence-electron chi connectivity index (χ4n) is 4.34. The lowest BCUT2D eigenvalue weighted by Gasteiger charge is -2.16. The van der Waals surface area contributed by atoms with Crippen LogP contribution >= 0.6 is 11.3 Å². The van der Waals surface area contributed by atoms with Gasteiger partial charge in [-0.3, -0.25) is 0 Å². The maximum absolute atomic E-state index is 9.53. The molecule has 2 aromatic carbocycles. The van der Waals surface area contributed by atoms with E-state index in [4.69, 9.17) is 0 Å². The van der Waals surface area contributed by atoms with Crippen LogP contribution in [0.2, 0.25) is 0 Å². The minimum atomic E-state index is -0.0432. The van der Waals surface area contributed by atoms with Gasteiger partial charge < -0.3 is 15.3 Å². The lowest BCUT2D eigenvalue weighted by Crippen LogP contribution is -2.01. The van der Waals surface area contributed by atoms with Gasteiger partial charge in [-0.1, -0.05) is 43.3 Å². The number of aryl methyl sites for hydroxylation is 4. The van der Waals surface area contributed by atoms with Crippen molar-refractivity contribution in [2.75, 3.05) is 6.61 Å². The van der Waals surface area contributed by atoms with E-state index in [0.717, 1.165) is 36.8 Å². The average Bonchev–Trinajstić information content (AvgIpc) is 3.15. The molecule has 0 fully saturated rings. The first kappa shape index (κ1) is 23.7. The molecule has 31 heavy (non-hydrogen) atoms. The molecule has 3 N–H and O–H groups in total. The first-order chi connectivity index (χ1) is 15.0. The fraction of sp³-hybridized carbons (Fsp3) is 0.407. The molecule has 4 heteroatoms. The molecular formula is C27H34O3S. The normalized spacial score (nSPS) is 12.3. The van der Waals surface area contributed by atoms with Crippen molar-refractivity contribution in [3.05, 3.63) is 80.0 Å². The zero-order valence-corrected chi connectivity index (χ0v) is 19.6. The molecule has 0 bridgehead atoms. The summed E-state index contributed by atoms with van der Waals surface area (Å²) in [4.78, 5) is 2.69. The molecule has 0 saturated heterocycles. The van der Waals surface area contributed by atoms with Crippen molar-refractivity contribution < 1.29 is 15.3 Å². The highest BCUT2D eigenvalue weighted by atomic mass is 32.1. The third kappa shape index (κ3) is 5.64. The number of rotatable bonds is 10. The second-order valence-electron chi connectivity index (χ2n) is 8.29. The number of thiophene rings is 1. The van der Waals surface area contributed by atoms with Gasteiger partial charge in [0.25, 0.3) is 0 Å². The van der Waals surface area contributed by atoms with Crippen molar-refractivity contribution in [1.29, 1.82) is 0 Å². The molecule has 3 rings (SSSR count). The van der Waals surface area contributed by atoms with Gasteiger partial charge >= 0.3 is 0 Å². The molecule has 1 aromatic heterocycles. The number of hydrogen-bond donors (Lipinski definition) is 3. The third-order valence-corrected chi connectivity index (χ3v) is 7.33. The molecule has 0 saturated carbocycles. The van der Waals surface area contributed by atoms with Gasteiger partial charge in [-0.2, -0.15) is 0 Å². The van der Waals surface area contributed by atoms with Gasteiger partial charge in [-0.25, -0.2) is 0 Å². The second-order valence-corrected chi connectivity index (χ2v) is 9.63. The summed E-state index contributed by atoms with van der Waals surface area (Å²) >= 11 is 1.86. The highest BCUT2D eigenvalue weighted by Crippen LogP contribution is 2.35. The lowest BCUT2D eigenvalue weighted by atomic mass is 9.89. The van der Waals surface area contributed by atoms with Crippen LogP contribution in [0.4, 0.5) is 0 Å². The van der Waals surface area contributed by atoms with Crippen LogP contribution in [0.5, 0.6) is 0 Å². The Labute approximate surface area is 190 Å². The summed E-state index contributed by atoms with van der Waals surface area (Å²) in [5, 5.41) is 28.2. The number of aliphatic hydroxyl groups excluding tert-OH is 3. The van der Waals surface area contributed by atoms with E-state index in [2.05, 4.69) is 45.0 Å². The Morgan fingerprint density at radius 1 is 0.839 bits per heavy atom. The van der Waals surface area contributed by atoms with Crippen LogP contribution in [0.25, 0.3) is 11.1 Å². The van der Waals surface area contributed by atoms with Crippen LogP contribution in [-0.2, 0) is 26.1 Å². The fourth-order valence-corrected chi connectivity index (χ4v) is 5.40. The van der Waals surface area contributed by atoms with E-state index < -0.39 is 0 Å². The second kappa shape index (κ2) is 11.1. The van der Waals surface area contributed by atoms with E-state index in [0.29, 0.717) is 5.92 Å². The molecule has 166 valence electrons. The SMILES string of the molecule is CCC(CCO)c1ccc(-c2cc(CCc3ccc(CO)c(CO)c3)sc2C)c(C)c1. The van der Waals surface area contributed by atoms with Crippen LogP contribution in [-0.4, -0.2) is 21.9 Å². The molecule has 1 unspecified atom stereocenters. The molecule has 0 aliphatic rings. The minimum absolute atomic E-state index is 0.0409. The van der Waals surface area contributed by atoms with Crippen molar-refractivity contribution in [2.24, 2.45) is 0 Å². The highest BCUT2D eigenvalue weighted by Gasteiger charge is 2.14. The van der Waals surface area contributed by atoms with Crippen LogP contribution in [0.1, 0.15) is 63.3 Å². The van der Waals surface area contributed by atoms with Crippen LogP contribution < -0.4 is 0 Å². The lowest BCUT2D eigenvalue weighted by molar-refractivity contribution is 0.260. The smallest absolute Gasteiger partial charge is 0.0685 e. The van der Waals surface area contributed by atoms with E-state index in [1.807, 2.05) is 29.5 Å². The average molecular weight is 439 g/mol. The summed E-state index contributed by atoms with van der Waals surface area (Å²) < 4.78 is 0. The van der Waals surface area contributed by atoms with Crippen molar-refractivity contribution >= 4 is 11.3 Å². The van der Waals surface area contributed by atoms with E-state index in [9.17, 15) is 15.3 Å². The largest absolute Gasteiger partial charge is 0.396 e. The van der Waals surface area contributed by atoms with Crippen molar-refractivity contribution in [1.82, 2.24) is 0 Å². The quantitative estimate of drug-likeness (QED) is 0.382. The van der Waals surface area contributed by atoms with Gasteiger partial charge in [0.15, 0.2) is 0 Å². The van der Waals surface area contributed by atoms with Crippen LogP contribution in [0.3, 0.4) is 0 Å². The molecule has 3 nitrogen and oxygen atoms in total. The van der Waals surface area contributed by atoms with Gasteiger partial charge in [0.2, 0.25) is 0 Å². The van der Waals surface area contributed by atoms with Crippen LogP contribution in [0, 0.1) is 13.8 Å². The standard InChI is InChI=1S/C27H34O3S/c1-4-21(11-12-28)22-8-10-26(18(2)13-22)27-15-25(31-19(27)3)9-6-20-5-7-23(16-29)24(14-20)17-30/h5,7-8,10,13-15,21,28-30H,4,6,9,11-12,16-17H2,1-3H3. The number of hydrogen-bond acceptors (Lipinski definition) is 4. The van der Waals surface area contributed by atoms with Gasteiger partial charge in [-0.05, 0) is 90.5 Å². The first-order valence-corrected chi connectivity index (χ1v) is 12.0. The molecular weight excluding hydrogens is 404 g/mol. The molecule has 0 aliphatic heterocycles. The van der Waals surface area contributed by atoms with Crippen molar-refractivity contribution in [2.45, 2.75) is 65.6 Å². The van der Waals surface area contributed by atoms with Crippen molar-refractivity contribution in [3.63, 3.8) is 0 Å².